The SMILES string of the molecule is O=C(O)c1ccc(-n2nc(C3(c4c(Cl)cccc4C(F)(F)F)CC3)c3c2CCCC3)cc1. The summed E-state index contributed by atoms with van der Waals surface area (Å²) >= 11 is 6.37. The third-order valence-corrected chi connectivity index (χ3v) is 6.85. The number of fused-ring (bicyclic) bond motifs is 1. The Morgan fingerprint density at radius 1 is 1.06 bits per heavy atom. The van der Waals surface area contributed by atoms with Crippen LogP contribution in [0.4, 0.5) is 13.2 Å². The fraction of sp³-hybridized carbons (Fsp3) is 0.333. The maximum Gasteiger partial charge on any atom is 0.416 e. The van der Waals surface area contributed by atoms with Crippen molar-refractivity contribution in [3.63, 3.8) is 0 Å². The molecule has 1 fully saturated rings. The highest BCUT2D eigenvalue weighted by molar-refractivity contribution is 6.31. The summed E-state index contributed by atoms with van der Waals surface area (Å²) in [6, 6.07) is 10.3. The van der Waals surface area contributed by atoms with E-state index in [1.54, 1.807) is 16.8 Å². The van der Waals surface area contributed by atoms with Crippen molar-refractivity contribution in [2.45, 2.75) is 50.1 Å². The average Bonchev–Trinajstić information content (AvgIpc) is 3.46. The number of carboxylic acid groups (broad SMARTS) is 1. The molecule has 1 heterocycles. The number of hydrogen-bond donors (Lipinski definition) is 1. The van der Waals surface area contributed by atoms with Crippen molar-refractivity contribution in [3.05, 3.63) is 81.1 Å². The average molecular weight is 461 g/mol. The first-order valence-electron chi connectivity index (χ1n) is 10.5. The highest BCUT2D eigenvalue weighted by atomic mass is 35.5. The van der Waals surface area contributed by atoms with E-state index in [2.05, 4.69) is 0 Å². The van der Waals surface area contributed by atoms with Gasteiger partial charge in [0.1, 0.15) is 0 Å². The zero-order chi connectivity index (χ0) is 22.7. The Hall–Kier alpha value is -2.80. The molecule has 2 aliphatic carbocycles. The van der Waals surface area contributed by atoms with E-state index in [-0.39, 0.29) is 16.1 Å². The molecular weight excluding hydrogens is 441 g/mol. The molecule has 0 bridgehead atoms. The van der Waals surface area contributed by atoms with Crippen LogP contribution in [0.5, 0.6) is 0 Å². The number of halogens is 4. The molecule has 32 heavy (non-hydrogen) atoms. The van der Waals surface area contributed by atoms with E-state index in [4.69, 9.17) is 16.7 Å². The third-order valence-electron chi connectivity index (χ3n) is 6.54. The molecule has 0 aliphatic heterocycles. The molecule has 2 aromatic carbocycles. The van der Waals surface area contributed by atoms with Crippen molar-refractivity contribution in [3.8, 4) is 5.69 Å². The van der Waals surface area contributed by atoms with Gasteiger partial charge in [0, 0.05) is 16.1 Å². The Labute approximate surface area is 187 Å². The van der Waals surface area contributed by atoms with Crippen LogP contribution in [0.2, 0.25) is 5.02 Å². The van der Waals surface area contributed by atoms with Crippen LogP contribution in [-0.2, 0) is 24.4 Å². The lowest BCUT2D eigenvalue weighted by Gasteiger charge is -2.23. The molecule has 1 N–H and O–H groups in total. The summed E-state index contributed by atoms with van der Waals surface area (Å²) < 4.78 is 43.4. The summed E-state index contributed by atoms with van der Waals surface area (Å²) in [5.74, 6) is -1.02. The Balaban J connectivity index is 1.69. The Morgan fingerprint density at radius 3 is 2.38 bits per heavy atom. The number of alkyl halides is 3. The van der Waals surface area contributed by atoms with E-state index in [9.17, 15) is 23.1 Å². The minimum atomic E-state index is -4.51. The largest absolute Gasteiger partial charge is 0.478 e. The van der Waals surface area contributed by atoms with Gasteiger partial charge in [-0.15, -0.1) is 0 Å². The predicted octanol–water partition coefficient (Wildman–Crippen LogP) is 6.20. The van der Waals surface area contributed by atoms with Gasteiger partial charge >= 0.3 is 12.1 Å². The van der Waals surface area contributed by atoms with Crippen molar-refractivity contribution < 1.29 is 23.1 Å². The number of hydrogen-bond acceptors (Lipinski definition) is 2. The van der Waals surface area contributed by atoms with Crippen molar-refractivity contribution in [2.24, 2.45) is 0 Å². The third kappa shape index (κ3) is 3.30. The van der Waals surface area contributed by atoms with Gasteiger partial charge in [-0.05, 0) is 86.1 Å². The molecule has 0 unspecified atom stereocenters. The maximum absolute atomic E-state index is 13.9. The van der Waals surface area contributed by atoms with E-state index in [1.807, 2.05) is 0 Å². The van der Waals surface area contributed by atoms with Crippen LogP contribution >= 0.6 is 11.6 Å². The summed E-state index contributed by atoms with van der Waals surface area (Å²) in [5.41, 5.74) is 2.10. The summed E-state index contributed by atoms with van der Waals surface area (Å²) in [7, 11) is 0. The lowest BCUT2D eigenvalue weighted by Crippen LogP contribution is -2.20. The van der Waals surface area contributed by atoms with Gasteiger partial charge in [0.05, 0.1) is 22.5 Å². The van der Waals surface area contributed by atoms with Crippen LogP contribution in [-0.4, -0.2) is 20.9 Å². The number of carboxylic acids is 1. The van der Waals surface area contributed by atoms with Gasteiger partial charge in [0.2, 0.25) is 0 Å². The topological polar surface area (TPSA) is 55.1 Å². The molecule has 2 aliphatic rings. The summed E-state index contributed by atoms with van der Waals surface area (Å²) in [4.78, 5) is 11.2. The minimum absolute atomic E-state index is 0.113. The number of rotatable bonds is 4. The molecule has 1 aromatic heterocycles. The van der Waals surface area contributed by atoms with Gasteiger partial charge in [-0.25, -0.2) is 9.48 Å². The van der Waals surface area contributed by atoms with Gasteiger partial charge < -0.3 is 5.11 Å². The molecule has 0 atom stereocenters. The summed E-state index contributed by atoms with van der Waals surface area (Å²) in [5, 5.41) is 14.1. The van der Waals surface area contributed by atoms with E-state index < -0.39 is 23.1 Å². The molecule has 0 radical (unpaired) electrons. The first-order chi connectivity index (χ1) is 15.2. The molecule has 0 amide bonds. The fourth-order valence-corrected chi connectivity index (χ4v) is 5.27. The second-order valence-corrected chi connectivity index (χ2v) is 8.89. The van der Waals surface area contributed by atoms with E-state index >= 15 is 0 Å². The standard InChI is InChI=1S/C24H20ClF3N2O2/c25-18-6-3-5-17(24(26,27)28)20(18)23(12-13-23)21-16-4-1-2-7-19(16)30(29-21)15-10-8-14(9-11-15)22(31)32/h3,5-6,8-11H,1-2,4,7,12-13H2,(H,31,32). The maximum atomic E-state index is 13.9. The molecule has 0 spiro atoms. The van der Waals surface area contributed by atoms with Crippen molar-refractivity contribution in [2.75, 3.05) is 0 Å². The van der Waals surface area contributed by atoms with Gasteiger partial charge in [-0.1, -0.05) is 17.7 Å². The van der Waals surface area contributed by atoms with Crippen LogP contribution in [0.25, 0.3) is 5.69 Å². The zero-order valence-corrected chi connectivity index (χ0v) is 17.8. The van der Waals surface area contributed by atoms with E-state index in [1.165, 1.54) is 24.3 Å². The molecule has 0 saturated heterocycles. The first-order valence-corrected chi connectivity index (χ1v) is 10.9. The number of nitrogens with zero attached hydrogens (tertiary/aromatic N) is 2. The lowest BCUT2D eigenvalue weighted by molar-refractivity contribution is -0.138. The highest BCUT2D eigenvalue weighted by Gasteiger charge is 2.54. The van der Waals surface area contributed by atoms with Crippen LogP contribution in [0.3, 0.4) is 0 Å². The Morgan fingerprint density at radius 2 is 1.75 bits per heavy atom. The van der Waals surface area contributed by atoms with Crippen LogP contribution in [0, 0.1) is 0 Å². The summed E-state index contributed by atoms with van der Waals surface area (Å²) in [6.07, 6.45) is 0.0549. The van der Waals surface area contributed by atoms with Gasteiger partial charge in [-0.2, -0.15) is 18.3 Å². The first kappa shape index (κ1) is 21.1. The van der Waals surface area contributed by atoms with E-state index in [0.717, 1.165) is 43.0 Å². The minimum Gasteiger partial charge on any atom is -0.478 e. The number of carbonyl (C=O) groups is 1. The molecule has 166 valence electrons. The monoisotopic (exact) mass is 460 g/mol. The molecule has 8 heteroatoms. The molecule has 4 nitrogen and oxygen atoms in total. The zero-order valence-electron chi connectivity index (χ0n) is 17.0. The van der Waals surface area contributed by atoms with Crippen LogP contribution in [0.1, 0.15) is 64.1 Å². The lowest BCUT2D eigenvalue weighted by atomic mass is 9.83. The second-order valence-electron chi connectivity index (χ2n) is 8.49. The molecule has 5 rings (SSSR count). The fourth-order valence-electron chi connectivity index (χ4n) is 4.92. The Bertz CT molecular complexity index is 1210. The number of aromatic carboxylic acids is 1. The Kier molecular flexibility index (Phi) is 4.85. The number of benzene rings is 2. The van der Waals surface area contributed by atoms with Gasteiger partial charge in [-0.3, -0.25) is 0 Å². The normalized spacial score (nSPS) is 17.1. The smallest absolute Gasteiger partial charge is 0.416 e. The number of aromatic nitrogens is 2. The molecule has 3 aromatic rings. The van der Waals surface area contributed by atoms with Crippen LogP contribution < -0.4 is 0 Å². The molecular formula is C24H20ClF3N2O2. The highest BCUT2D eigenvalue weighted by Crippen LogP contribution is 2.59. The van der Waals surface area contributed by atoms with Gasteiger partial charge in [0.15, 0.2) is 0 Å². The van der Waals surface area contributed by atoms with Crippen molar-refractivity contribution in [1.82, 2.24) is 9.78 Å². The quantitative estimate of drug-likeness (QED) is 0.504. The molecule has 1 saturated carbocycles. The van der Waals surface area contributed by atoms with Crippen molar-refractivity contribution in [1.29, 1.82) is 0 Å². The second kappa shape index (κ2) is 7.37. The van der Waals surface area contributed by atoms with Crippen molar-refractivity contribution >= 4 is 17.6 Å². The predicted molar refractivity (Wildman–Crippen MR) is 114 cm³/mol. The summed E-state index contributed by atoms with van der Waals surface area (Å²) in [6.45, 7) is 0. The van der Waals surface area contributed by atoms with Crippen LogP contribution in [0.15, 0.2) is 42.5 Å². The van der Waals surface area contributed by atoms with E-state index in [0.29, 0.717) is 24.2 Å². The van der Waals surface area contributed by atoms with Gasteiger partial charge in [0.25, 0.3) is 0 Å².